The van der Waals surface area contributed by atoms with E-state index in [0.717, 1.165) is 29.0 Å². The fraction of sp³-hybridized carbons (Fsp3) is 0.200. The van der Waals surface area contributed by atoms with Gasteiger partial charge < -0.3 is 10.5 Å². The van der Waals surface area contributed by atoms with E-state index in [1.54, 1.807) is 0 Å². The fourth-order valence-corrected chi connectivity index (χ4v) is 1.95. The molecule has 0 saturated carbocycles. The first-order chi connectivity index (χ1) is 8.69. The quantitative estimate of drug-likeness (QED) is 0.905. The average molecular weight is 262 g/mol. The topological polar surface area (TPSA) is 35.2 Å². The van der Waals surface area contributed by atoms with Gasteiger partial charge in [0.05, 0.1) is 0 Å². The SMILES string of the molecule is Cc1cccc(Oc2cc(Cl)ccc2CCN)c1. The van der Waals surface area contributed by atoms with Gasteiger partial charge in [0.25, 0.3) is 0 Å². The Labute approximate surface area is 112 Å². The molecule has 0 spiro atoms. The molecule has 2 nitrogen and oxygen atoms in total. The third kappa shape index (κ3) is 3.25. The van der Waals surface area contributed by atoms with Crippen LogP contribution in [0.25, 0.3) is 0 Å². The number of ether oxygens (including phenoxy) is 1. The smallest absolute Gasteiger partial charge is 0.132 e. The van der Waals surface area contributed by atoms with Crippen molar-refractivity contribution in [3.63, 3.8) is 0 Å². The molecule has 0 radical (unpaired) electrons. The van der Waals surface area contributed by atoms with Crippen molar-refractivity contribution in [3.05, 3.63) is 58.6 Å². The number of halogens is 1. The summed E-state index contributed by atoms with van der Waals surface area (Å²) in [6, 6.07) is 13.6. The van der Waals surface area contributed by atoms with Crippen LogP contribution in [-0.4, -0.2) is 6.54 Å². The number of aryl methyl sites for hydroxylation is 1. The predicted octanol–water partition coefficient (Wildman–Crippen LogP) is 3.94. The molecule has 0 unspecified atom stereocenters. The second-order valence-corrected chi connectivity index (χ2v) is 4.65. The third-order valence-electron chi connectivity index (χ3n) is 2.66. The fourth-order valence-electron chi connectivity index (χ4n) is 1.79. The third-order valence-corrected chi connectivity index (χ3v) is 2.90. The van der Waals surface area contributed by atoms with Gasteiger partial charge in [-0.3, -0.25) is 0 Å². The normalized spacial score (nSPS) is 10.4. The van der Waals surface area contributed by atoms with Crippen molar-refractivity contribution in [2.45, 2.75) is 13.3 Å². The second kappa shape index (κ2) is 5.89. The lowest BCUT2D eigenvalue weighted by Gasteiger charge is -2.11. The second-order valence-electron chi connectivity index (χ2n) is 4.21. The minimum atomic E-state index is 0.589. The molecule has 0 aliphatic heterocycles. The highest BCUT2D eigenvalue weighted by atomic mass is 35.5. The molecule has 0 amide bonds. The van der Waals surface area contributed by atoms with Gasteiger partial charge in [-0.15, -0.1) is 0 Å². The highest BCUT2D eigenvalue weighted by molar-refractivity contribution is 6.30. The van der Waals surface area contributed by atoms with E-state index in [1.165, 1.54) is 0 Å². The van der Waals surface area contributed by atoms with E-state index in [9.17, 15) is 0 Å². The molecule has 0 bridgehead atoms. The van der Waals surface area contributed by atoms with Gasteiger partial charge in [0.15, 0.2) is 0 Å². The number of rotatable bonds is 4. The van der Waals surface area contributed by atoms with Crippen molar-refractivity contribution < 1.29 is 4.74 Å². The van der Waals surface area contributed by atoms with Crippen LogP contribution in [-0.2, 0) is 6.42 Å². The Bertz CT molecular complexity index is 540. The van der Waals surface area contributed by atoms with E-state index in [-0.39, 0.29) is 0 Å². The van der Waals surface area contributed by atoms with Gasteiger partial charge in [0, 0.05) is 5.02 Å². The van der Waals surface area contributed by atoms with Crippen molar-refractivity contribution >= 4 is 11.6 Å². The summed E-state index contributed by atoms with van der Waals surface area (Å²) in [6.07, 6.45) is 0.776. The highest BCUT2D eigenvalue weighted by Gasteiger charge is 2.05. The molecule has 2 N–H and O–H groups in total. The minimum absolute atomic E-state index is 0.589. The lowest BCUT2D eigenvalue weighted by Crippen LogP contribution is -2.04. The molecule has 18 heavy (non-hydrogen) atoms. The van der Waals surface area contributed by atoms with Crippen LogP contribution in [0, 0.1) is 6.92 Å². The van der Waals surface area contributed by atoms with Crippen molar-refractivity contribution in [2.24, 2.45) is 5.73 Å². The van der Waals surface area contributed by atoms with Crippen LogP contribution < -0.4 is 10.5 Å². The van der Waals surface area contributed by atoms with Crippen molar-refractivity contribution in [1.29, 1.82) is 0 Å². The van der Waals surface area contributed by atoms with Gasteiger partial charge in [-0.05, 0) is 55.3 Å². The molecule has 0 heterocycles. The molecule has 0 saturated heterocycles. The lowest BCUT2D eigenvalue weighted by molar-refractivity contribution is 0.476. The van der Waals surface area contributed by atoms with E-state index in [1.807, 2.05) is 49.4 Å². The number of nitrogens with two attached hydrogens (primary N) is 1. The predicted molar refractivity (Wildman–Crippen MR) is 75.5 cm³/mol. The van der Waals surface area contributed by atoms with Crippen LogP contribution in [0.3, 0.4) is 0 Å². The van der Waals surface area contributed by atoms with Crippen LogP contribution in [0.4, 0.5) is 0 Å². The minimum Gasteiger partial charge on any atom is -0.457 e. The highest BCUT2D eigenvalue weighted by Crippen LogP contribution is 2.29. The van der Waals surface area contributed by atoms with Crippen LogP contribution in [0.1, 0.15) is 11.1 Å². The Morgan fingerprint density at radius 2 is 2.00 bits per heavy atom. The van der Waals surface area contributed by atoms with Crippen LogP contribution in [0.5, 0.6) is 11.5 Å². The van der Waals surface area contributed by atoms with Crippen LogP contribution in [0.15, 0.2) is 42.5 Å². The molecular weight excluding hydrogens is 246 g/mol. The summed E-state index contributed by atoms with van der Waals surface area (Å²) < 4.78 is 5.88. The summed E-state index contributed by atoms with van der Waals surface area (Å²) in [6.45, 7) is 2.62. The van der Waals surface area contributed by atoms with Crippen molar-refractivity contribution in [2.75, 3.05) is 6.54 Å². The average Bonchev–Trinajstić information content (AvgIpc) is 2.33. The zero-order valence-electron chi connectivity index (χ0n) is 10.3. The molecule has 2 aromatic rings. The first-order valence-corrected chi connectivity index (χ1v) is 6.30. The maximum Gasteiger partial charge on any atom is 0.132 e. The molecule has 0 aromatic heterocycles. The molecule has 0 fully saturated rings. The van der Waals surface area contributed by atoms with Crippen LogP contribution >= 0.6 is 11.6 Å². The van der Waals surface area contributed by atoms with E-state index >= 15 is 0 Å². The molecular formula is C15H16ClNO. The van der Waals surface area contributed by atoms with Gasteiger partial charge in [0.1, 0.15) is 11.5 Å². The maximum absolute atomic E-state index is 6.00. The Morgan fingerprint density at radius 1 is 1.17 bits per heavy atom. The molecule has 0 aliphatic rings. The van der Waals surface area contributed by atoms with E-state index in [4.69, 9.17) is 22.1 Å². The summed E-state index contributed by atoms with van der Waals surface area (Å²) in [5, 5.41) is 0.665. The monoisotopic (exact) mass is 261 g/mol. The number of hydrogen-bond donors (Lipinski definition) is 1. The Morgan fingerprint density at radius 3 is 2.72 bits per heavy atom. The van der Waals surface area contributed by atoms with Gasteiger partial charge in [-0.25, -0.2) is 0 Å². The van der Waals surface area contributed by atoms with Crippen molar-refractivity contribution in [1.82, 2.24) is 0 Å². The summed E-state index contributed by atoms with van der Waals surface area (Å²) >= 11 is 6.00. The van der Waals surface area contributed by atoms with Gasteiger partial charge >= 0.3 is 0 Å². The lowest BCUT2D eigenvalue weighted by atomic mass is 10.1. The Balaban J connectivity index is 2.29. The molecule has 0 aliphatic carbocycles. The van der Waals surface area contributed by atoms with E-state index in [0.29, 0.717) is 11.6 Å². The largest absolute Gasteiger partial charge is 0.457 e. The first kappa shape index (κ1) is 12.9. The summed E-state index contributed by atoms with van der Waals surface area (Å²) in [4.78, 5) is 0. The van der Waals surface area contributed by atoms with Gasteiger partial charge in [-0.2, -0.15) is 0 Å². The van der Waals surface area contributed by atoms with Crippen molar-refractivity contribution in [3.8, 4) is 11.5 Å². The number of hydrogen-bond acceptors (Lipinski definition) is 2. The zero-order chi connectivity index (χ0) is 13.0. The Hall–Kier alpha value is -1.51. The van der Waals surface area contributed by atoms with E-state index in [2.05, 4.69) is 0 Å². The zero-order valence-corrected chi connectivity index (χ0v) is 11.1. The summed E-state index contributed by atoms with van der Waals surface area (Å²) in [5.74, 6) is 1.59. The molecule has 94 valence electrons. The molecule has 3 heteroatoms. The van der Waals surface area contributed by atoms with Crippen LogP contribution in [0.2, 0.25) is 5.02 Å². The van der Waals surface area contributed by atoms with E-state index < -0.39 is 0 Å². The standard InChI is InChI=1S/C15H16ClNO/c1-11-3-2-4-14(9-11)18-15-10-13(16)6-5-12(15)7-8-17/h2-6,9-10H,7-8,17H2,1H3. The maximum atomic E-state index is 6.00. The molecule has 0 atom stereocenters. The molecule has 2 rings (SSSR count). The summed E-state index contributed by atoms with van der Waals surface area (Å²) in [5.41, 5.74) is 7.83. The summed E-state index contributed by atoms with van der Waals surface area (Å²) in [7, 11) is 0. The van der Waals surface area contributed by atoms with Gasteiger partial charge in [0.2, 0.25) is 0 Å². The Kier molecular flexibility index (Phi) is 4.24. The van der Waals surface area contributed by atoms with Gasteiger partial charge in [-0.1, -0.05) is 29.8 Å². The molecule has 2 aromatic carbocycles. The number of benzene rings is 2. The first-order valence-electron chi connectivity index (χ1n) is 5.92.